The van der Waals surface area contributed by atoms with E-state index < -0.39 is 0 Å². The average molecular weight is 249 g/mol. The number of hydrogen-bond acceptors (Lipinski definition) is 2. The zero-order valence-electron chi connectivity index (χ0n) is 12.1. The van der Waals surface area contributed by atoms with Gasteiger partial charge in [-0.25, -0.2) is 4.98 Å². The lowest BCUT2D eigenvalue weighted by atomic mass is 9.89. The maximum Gasteiger partial charge on any atom is 0.0948 e. The normalized spacial score (nSPS) is 18.7. The molecule has 1 heterocycles. The number of imidazole rings is 1. The Morgan fingerprint density at radius 3 is 2.78 bits per heavy atom. The van der Waals surface area contributed by atoms with Crippen LogP contribution in [0.25, 0.3) is 0 Å². The molecule has 0 saturated heterocycles. The zero-order chi connectivity index (χ0) is 13.0. The van der Waals surface area contributed by atoms with Crippen LogP contribution in [0.2, 0.25) is 0 Å². The van der Waals surface area contributed by atoms with Gasteiger partial charge in [-0.2, -0.15) is 0 Å². The average Bonchev–Trinajstić information content (AvgIpc) is 2.89. The zero-order valence-corrected chi connectivity index (χ0v) is 12.1. The quantitative estimate of drug-likeness (QED) is 0.839. The highest BCUT2D eigenvalue weighted by molar-refractivity contribution is 4.99. The van der Waals surface area contributed by atoms with Crippen LogP contribution in [0.5, 0.6) is 0 Å². The lowest BCUT2D eigenvalue weighted by molar-refractivity contribution is 0.277. The van der Waals surface area contributed by atoms with Gasteiger partial charge >= 0.3 is 0 Å². The molecule has 1 aliphatic rings. The summed E-state index contributed by atoms with van der Waals surface area (Å²) in [5.74, 6) is 0.703. The molecule has 1 aliphatic carbocycles. The summed E-state index contributed by atoms with van der Waals surface area (Å²) in [6.07, 6.45) is 9.52. The minimum Gasteiger partial charge on any atom is -0.333 e. The standard InChI is InChI=1S/C15H27N3/c1-13(2)8-16-9-14-10-17-12-18(14)11-15(3)6-4-5-7-15/h10,12-13,16H,4-9,11H2,1-3H3. The van der Waals surface area contributed by atoms with Crippen LogP contribution in [0, 0.1) is 11.3 Å². The Balaban J connectivity index is 1.90. The van der Waals surface area contributed by atoms with Crippen LogP contribution >= 0.6 is 0 Å². The molecular formula is C15H27N3. The Bertz CT molecular complexity index is 362. The summed E-state index contributed by atoms with van der Waals surface area (Å²) in [7, 11) is 0. The highest BCUT2D eigenvalue weighted by Crippen LogP contribution is 2.39. The molecule has 18 heavy (non-hydrogen) atoms. The van der Waals surface area contributed by atoms with Crippen LogP contribution in [0.15, 0.2) is 12.5 Å². The van der Waals surface area contributed by atoms with Crippen molar-refractivity contribution < 1.29 is 0 Å². The van der Waals surface area contributed by atoms with Gasteiger partial charge in [-0.3, -0.25) is 0 Å². The fourth-order valence-corrected chi connectivity index (χ4v) is 2.92. The fraction of sp³-hybridized carbons (Fsp3) is 0.800. The fourth-order valence-electron chi connectivity index (χ4n) is 2.92. The highest BCUT2D eigenvalue weighted by Gasteiger charge is 2.29. The van der Waals surface area contributed by atoms with E-state index in [2.05, 4.69) is 35.6 Å². The number of rotatable bonds is 6. The third-order valence-electron chi connectivity index (χ3n) is 4.02. The molecule has 0 radical (unpaired) electrons. The van der Waals surface area contributed by atoms with Gasteiger partial charge in [-0.1, -0.05) is 33.6 Å². The molecule has 3 heteroatoms. The van der Waals surface area contributed by atoms with E-state index in [-0.39, 0.29) is 0 Å². The van der Waals surface area contributed by atoms with Crippen molar-refractivity contribution in [1.29, 1.82) is 0 Å². The lowest BCUT2D eigenvalue weighted by Crippen LogP contribution is -2.24. The van der Waals surface area contributed by atoms with E-state index in [1.54, 1.807) is 0 Å². The molecule has 0 amide bonds. The third-order valence-corrected chi connectivity index (χ3v) is 4.02. The summed E-state index contributed by atoms with van der Waals surface area (Å²) in [6, 6.07) is 0. The van der Waals surface area contributed by atoms with Crippen molar-refractivity contribution in [2.45, 2.75) is 59.5 Å². The summed E-state index contributed by atoms with van der Waals surface area (Å²) < 4.78 is 2.35. The minimum atomic E-state index is 0.494. The Labute approximate surface area is 111 Å². The van der Waals surface area contributed by atoms with E-state index in [0.717, 1.165) is 19.6 Å². The van der Waals surface area contributed by atoms with Crippen LogP contribution in [-0.2, 0) is 13.1 Å². The van der Waals surface area contributed by atoms with E-state index in [0.29, 0.717) is 11.3 Å². The van der Waals surface area contributed by atoms with Gasteiger partial charge in [0.2, 0.25) is 0 Å². The summed E-state index contributed by atoms with van der Waals surface area (Å²) in [5, 5.41) is 3.50. The summed E-state index contributed by atoms with van der Waals surface area (Å²) >= 11 is 0. The summed E-state index contributed by atoms with van der Waals surface area (Å²) in [6.45, 7) is 10.0. The van der Waals surface area contributed by atoms with Crippen molar-refractivity contribution in [3.63, 3.8) is 0 Å². The number of nitrogens with zero attached hydrogens (tertiary/aromatic N) is 2. The molecule has 0 unspecified atom stereocenters. The molecule has 0 bridgehead atoms. The van der Waals surface area contributed by atoms with E-state index in [1.807, 2.05) is 12.5 Å². The lowest BCUT2D eigenvalue weighted by Gasteiger charge is -2.25. The van der Waals surface area contributed by atoms with Gasteiger partial charge < -0.3 is 9.88 Å². The van der Waals surface area contributed by atoms with Crippen molar-refractivity contribution in [1.82, 2.24) is 14.9 Å². The van der Waals surface area contributed by atoms with Gasteiger partial charge in [0, 0.05) is 19.3 Å². The molecule has 1 fully saturated rings. The van der Waals surface area contributed by atoms with Crippen LogP contribution in [-0.4, -0.2) is 16.1 Å². The van der Waals surface area contributed by atoms with Crippen molar-refractivity contribution in [3.05, 3.63) is 18.2 Å². The van der Waals surface area contributed by atoms with E-state index in [4.69, 9.17) is 0 Å². The third kappa shape index (κ3) is 3.58. The predicted molar refractivity (Wildman–Crippen MR) is 75.3 cm³/mol. The predicted octanol–water partition coefficient (Wildman–Crippen LogP) is 3.21. The van der Waals surface area contributed by atoms with Gasteiger partial charge in [0.05, 0.1) is 12.0 Å². The van der Waals surface area contributed by atoms with Crippen LogP contribution in [0.3, 0.4) is 0 Å². The van der Waals surface area contributed by atoms with Gasteiger partial charge in [0.15, 0.2) is 0 Å². The molecule has 2 rings (SSSR count). The van der Waals surface area contributed by atoms with Crippen molar-refractivity contribution in [2.75, 3.05) is 6.54 Å². The van der Waals surface area contributed by atoms with Crippen molar-refractivity contribution in [2.24, 2.45) is 11.3 Å². The van der Waals surface area contributed by atoms with E-state index >= 15 is 0 Å². The number of hydrogen-bond donors (Lipinski definition) is 1. The molecular weight excluding hydrogens is 222 g/mol. The first-order valence-electron chi connectivity index (χ1n) is 7.29. The Kier molecular flexibility index (Phi) is 4.44. The van der Waals surface area contributed by atoms with Gasteiger partial charge in [-0.05, 0) is 30.7 Å². The second-order valence-electron chi connectivity index (χ2n) is 6.56. The SMILES string of the molecule is CC(C)CNCc1cncn1CC1(C)CCCC1. The van der Waals surface area contributed by atoms with Crippen molar-refractivity contribution in [3.8, 4) is 0 Å². The van der Waals surface area contributed by atoms with Crippen molar-refractivity contribution >= 4 is 0 Å². The summed E-state index contributed by atoms with van der Waals surface area (Å²) in [4.78, 5) is 4.32. The summed E-state index contributed by atoms with van der Waals surface area (Å²) in [5.41, 5.74) is 1.82. The maximum absolute atomic E-state index is 4.32. The van der Waals surface area contributed by atoms with Gasteiger partial charge in [0.25, 0.3) is 0 Å². The smallest absolute Gasteiger partial charge is 0.0948 e. The second kappa shape index (κ2) is 5.87. The minimum absolute atomic E-state index is 0.494. The molecule has 1 aromatic heterocycles. The van der Waals surface area contributed by atoms with Gasteiger partial charge in [-0.15, -0.1) is 0 Å². The van der Waals surface area contributed by atoms with Crippen LogP contribution in [0.1, 0.15) is 52.1 Å². The second-order valence-corrected chi connectivity index (χ2v) is 6.56. The molecule has 0 spiro atoms. The number of nitrogens with one attached hydrogen (secondary N) is 1. The number of aromatic nitrogens is 2. The molecule has 0 atom stereocenters. The Morgan fingerprint density at radius 1 is 1.39 bits per heavy atom. The Morgan fingerprint density at radius 2 is 2.11 bits per heavy atom. The maximum atomic E-state index is 4.32. The molecule has 1 N–H and O–H groups in total. The first kappa shape index (κ1) is 13.6. The van der Waals surface area contributed by atoms with E-state index in [1.165, 1.54) is 31.4 Å². The first-order chi connectivity index (χ1) is 8.59. The first-order valence-corrected chi connectivity index (χ1v) is 7.29. The molecule has 3 nitrogen and oxygen atoms in total. The van der Waals surface area contributed by atoms with Crippen LogP contribution < -0.4 is 5.32 Å². The molecule has 1 aromatic rings. The highest BCUT2D eigenvalue weighted by atomic mass is 15.1. The molecule has 102 valence electrons. The molecule has 0 aromatic carbocycles. The molecule has 1 saturated carbocycles. The van der Waals surface area contributed by atoms with Gasteiger partial charge in [0.1, 0.15) is 0 Å². The Hall–Kier alpha value is -0.830. The largest absolute Gasteiger partial charge is 0.333 e. The van der Waals surface area contributed by atoms with Crippen LogP contribution in [0.4, 0.5) is 0 Å². The van der Waals surface area contributed by atoms with E-state index in [9.17, 15) is 0 Å². The molecule has 0 aliphatic heterocycles. The monoisotopic (exact) mass is 249 g/mol. The topological polar surface area (TPSA) is 29.9 Å².